The Balaban J connectivity index is 1.14. The van der Waals surface area contributed by atoms with Crippen LogP contribution in [0.2, 0.25) is 0 Å². The predicted octanol–water partition coefficient (Wildman–Crippen LogP) is 0.210. The van der Waals surface area contributed by atoms with E-state index in [1.807, 2.05) is 18.2 Å². The number of aliphatic hydroxyl groups excluding tert-OH is 12. The highest BCUT2D eigenvalue weighted by molar-refractivity contribution is 5.76. The molecule has 6 aromatic rings. The van der Waals surface area contributed by atoms with Gasteiger partial charge in [0.05, 0.1) is 39.1 Å². The lowest BCUT2D eigenvalue weighted by molar-refractivity contribution is -0.277. The molecule has 0 unspecified atom stereocenters. The summed E-state index contributed by atoms with van der Waals surface area (Å²) in [6.45, 7) is -2.17. The lowest BCUT2D eigenvalue weighted by Gasteiger charge is -2.39. The average Bonchev–Trinajstić information content (AvgIpc) is 2.09. The molecule has 0 radical (unpaired) electrons. The van der Waals surface area contributed by atoms with Crippen LogP contribution >= 0.6 is 0 Å². The summed E-state index contributed by atoms with van der Waals surface area (Å²) < 4.78 is 35.7. The van der Waals surface area contributed by atoms with Gasteiger partial charge in [0, 0.05) is 17.5 Å². The van der Waals surface area contributed by atoms with Gasteiger partial charge in [0.2, 0.25) is 18.9 Å². The highest BCUT2D eigenvalue weighted by Gasteiger charge is 2.47. The van der Waals surface area contributed by atoms with E-state index in [4.69, 9.17) is 28.4 Å². The molecule has 0 bridgehead atoms. The fourth-order valence-electron chi connectivity index (χ4n) is 11.0. The molecule has 3 fully saturated rings. The van der Waals surface area contributed by atoms with E-state index in [0.717, 1.165) is 0 Å². The Kier molecular flexibility index (Phi) is 20.7. The van der Waals surface area contributed by atoms with Crippen molar-refractivity contribution in [2.45, 2.75) is 131 Å². The normalized spacial score (nSPS) is 27.3. The minimum atomic E-state index is -1.79. The number of benzene rings is 6. The van der Waals surface area contributed by atoms with Crippen LogP contribution in [0.3, 0.4) is 0 Å². The first kappa shape index (κ1) is 64.0. The molecule has 3 aliphatic heterocycles. The number of carboxylic acids is 3. The van der Waals surface area contributed by atoms with Crippen molar-refractivity contribution in [1.29, 1.82) is 0 Å². The standard InChI is InChI=1S/C63H68O24/c64-27-46-52(73)55(76)58(79)61(85-46)82-43-10-7-34(26-51(71)72)20-40(43)21-37-16-35(13-32-8-11-44(83-62-59(80)56(77)53(74)47(28-65)86-62)41(22-32)38-5-1-3-30(18-38)24-49(67)68)15-36(17-37)14-33-9-12-45(84-63-60(81)57(78)54(75)48(29-66)87-63)42(23-33)39-6-2-4-31(19-39)25-50(69)70/h1-12,15-20,22-23,46-48,52-66,73-81H,13-14,21,24-29H2,(H,67,68)(H,69,70)(H,71,72)/t46-,47-,48-,52-,53-,54-,55+,56+,57+,58+,59+,60+,61+,62+,63+/m1/s1. The molecular weight excluding hydrogens is 1140 g/mol. The Hall–Kier alpha value is -7.47. The van der Waals surface area contributed by atoms with E-state index >= 15 is 0 Å². The van der Waals surface area contributed by atoms with Crippen molar-refractivity contribution in [1.82, 2.24) is 0 Å². The molecule has 0 amide bonds. The van der Waals surface area contributed by atoms with Crippen LogP contribution in [0.25, 0.3) is 22.3 Å². The summed E-state index contributed by atoms with van der Waals surface area (Å²) in [4.78, 5) is 35.8. The molecule has 0 saturated carbocycles. The Bertz CT molecular complexity index is 3220. The smallest absolute Gasteiger partial charge is 0.307 e. The van der Waals surface area contributed by atoms with Crippen LogP contribution in [0.15, 0.2) is 121 Å². The second kappa shape index (κ2) is 28.1. The van der Waals surface area contributed by atoms with Crippen molar-refractivity contribution in [3.8, 4) is 39.5 Å². The Morgan fingerprint density at radius 1 is 0.345 bits per heavy atom. The first-order chi connectivity index (χ1) is 41.6. The minimum absolute atomic E-state index is 0.0298. The fraction of sp³-hybridized carbons (Fsp3) is 0.381. The Labute approximate surface area is 497 Å². The van der Waals surface area contributed by atoms with Crippen molar-refractivity contribution in [3.63, 3.8) is 0 Å². The van der Waals surface area contributed by atoms with E-state index in [0.29, 0.717) is 72.3 Å². The van der Waals surface area contributed by atoms with Gasteiger partial charge in [0.25, 0.3) is 0 Å². The summed E-state index contributed by atoms with van der Waals surface area (Å²) >= 11 is 0. The third-order valence-corrected chi connectivity index (χ3v) is 15.4. The van der Waals surface area contributed by atoms with Crippen molar-refractivity contribution < 1.29 is 119 Å². The van der Waals surface area contributed by atoms with Gasteiger partial charge in [0.15, 0.2) is 0 Å². The molecular formula is C63H68O24. The van der Waals surface area contributed by atoms with E-state index in [9.17, 15) is 91.0 Å². The molecule has 6 aromatic carbocycles. The van der Waals surface area contributed by atoms with Crippen molar-refractivity contribution >= 4 is 17.9 Å². The van der Waals surface area contributed by atoms with Crippen LogP contribution in [-0.4, -0.2) is 206 Å². The van der Waals surface area contributed by atoms with Gasteiger partial charge in [-0.3, -0.25) is 14.4 Å². The molecule has 9 rings (SSSR count). The number of ether oxygens (including phenoxy) is 6. The van der Waals surface area contributed by atoms with Gasteiger partial charge in [-0.15, -0.1) is 0 Å². The first-order valence-corrected chi connectivity index (χ1v) is 27.8. The van der Waals surface area contributed by atoms with Gasteiger partial charge in [0.1, 0.15) is 90.5 Å². The zero-order valence-electron chi connectivity index (χ0n) is 46.5. The second-order valence-corrected chi connectivity index (χ2v) is 21.8. The minimum Gasteiger partial charge on any atom is -0.481 e. The number of carboxylic acid groups (broad SMARTS) is 3. The molecule has 0 aliphatic carbocycles. The molecule has 24 heteroatoms. The molecule has 0 spiro atoms. The number of aliphatic hydroxyl groups is 12. The quantitative estimate of drug-likeness (QED) is 0.0408. The van der Waals surface area contributed by atoms with E-state index in [1.54, 1.807) is 91.0 Å². The molecule has 464 valence electrons. The van der Waals surface area contributed by atoms with E-state index in [-0.39, 0.29) is 49.4 Å². The Morgan fingerprint density at radius 3 is 1.05 bits per heavy atom. The second-order valence-electron chi connectivity index (χ2n) is 21.8. The molecule has 3 saturated heterocycles. The molecule has 15 atom stereocenters. The lowest BCUT2D eigenvalue weighted by Crippen LogP contribution is -2.60. The first-order valence-electron chi connectivity index (χ1n) is 27.8. The summed E-state index contributed by atoms with van der Waals surface area (Å²) in [5, 5.41) is 155. The SMILES string of the molecule is O=C(O)Cc1cccc(-c2cc(Cc3cc(Cc4ccc(O[C@H]5O[C@H](CO)[C@@H](O)[C@H](O)[C@@H]5O)c(-c5cccc(CC(=O)O)c5)c4)cc(Cc4cc(CC(=O)O)ccc4O[C@H]4O[C@H](CO)[C@@H](O)[C@H](O)[C@@H]4O)c3)ccc2O[C@H]2O[C@H](CO)[C@@H](O)[C@H](O)[C@@H]2O)c1. The summed E-state index contributed by atoms with van der Waals surface area (Å²) in [7, 11) is 0. The topological polar surface area (TPSA) is 410 Å². The van der Waals surface area contributed by atoms with Crippen molar-refractivity contribution in [3.05, 3.63) is 171 Å². The van der Waals surface area contributed by atoms with Crippen LogP contribution < -0.4 is 14.2 Å². The van der Waals surface area contributed by atoms with Crippen LogP contribution in [0, 0.1) is 0 Å². The molecule has 3 heterocycles. The predicted molar refractivity (Wildman–Crippen MR) is 302 cm³/mol. The van der Waals surface area contributed by atoms with Crippen molar-refractivity contribution in [2.24, 2.45) is 0 Å². The Morgan fingerprint density at radius 2 is 0.678 bits per heavy atom. The maximum atomic E-state index is 12.1. The molecule has 3 aliphatic rings. The maximum Gasteiger partial charge on any atom is 0.307 e. The maximum absolute atomic E-state index is 12.1. The molecule has 87 heavy (non-hydrogen) atoms. The lowest BCUT2D eigenvalue weighted by atomic mass is 9.91. The third-order valence-electron chi connectivity index (χ3n) is 15.4. The van der Waals surface area contributed by atoms with E-state index in [1.165, 1.54) is 12.1 Å². The van der Waals surface area contributed by atoms with Gasteiger partial charge < -0.3 is 105 Å². The molecule has 0 aromatic heterocycles. The molecule has 15 N–H and O–H groups in total. The highest BCUT2D eigenvalue weighted by Crippen LogP contribution is 2.39. The number of aliphatic carboxylic acids is 3. The summed E-state index contributed by atoms with van der Waals surface area (Å²) in [6, 6.07) is 33.7. The van der Waals surface area contributed by atoms with Crippen LogP contribution in [0.1, 0.15) is 50.1 Å². The van der Waals surface area contributed by atoms with Gasteiger partial charge >= 0.3 is 17.9 Å². The van der Waals surface area contributed by atoms with Crippen LogP contribution in [-0.2, 0) is 67.1 Å². The summed E-state index contributed by atoms with van der Waals surface area (Å²) in [6.07, 6.45) is -25.0. The van der Waals surface area contributed by atoms with Crippen molar-refractivity contribution in [2.75, 3.05) is 19.8 Å². The van der Waals surface area contributed by atoms with Crippen LogP contribution in [0.5, 0.6) is 17.2 Å². The number of hydrogen-bond acceptors (Lipinski definition) is 21. The number of hydrogen-bond donors (Lipinski definition) is 15. The summed E-state index contributed by atoms with van der Waals surface area (Å²) in [5.74, 6) is -3.00. The van der Waals surface area contributed by atoms with Crippen LogP contribution in [0.4, 0.5) is 0 Å². The highest BCUT2D eigenvalue weighted by atomic mass is 16.7. The third kappa shape index (κ3) is 15.3. The molecule has 24 nitrogen and oxygen atoms in total. The van der Waals surface area contributed by atoms with Gasteiger partial charge in [-0.1, -0.05) is 91.0 Å². The fourth-order valence-corrected chi connectivity index (χ4v) is 11.0. The zero-order valence-corrected chi connectivity index (χ0v) is 46.5. The summed E-state index contributed by atoms with van der Waals surface area (Å²) in [5.41, 5.74) is 6.73. The zero-order chi connectivity index (χ0) is 62.4. The van der Waals surface area contributed by atoms with Gasteiger partial charge in [-0.05, 0) is 104 Å². The van der Waals surface area contributed by atoms with E-state index < -0.39 is 136 Å². The number of carbonyl (C=O) groups is 3. The van der Waals surface area contributed by atoms with E-state index in [2.05, 4.69) is 0 Å². The van der Waals surface area contributed by atoms with Gasteiger partial charge in [-0.25, -0.2) is 0 Å². The van der Waals surface area contributed by atoms with Gasteiger partial charge in [-0.2, -0.15) is 0 Å². The monoisotopic (exact) mass is 1210 g/mol. The average molecular weight is 1210 g/mol. The number of rotatable bonds is 23. The largest absolute Gasteiger partial charge is 0.481 e.